The minimum atomic E-state index is 0.119. The molecule has 0 aliphatic rings. The van der Waals surface area contributed by atoms with Crippen LogP contribution in [0, 0.1) is 0 Å². The largest absolute Gasteiger partial charge is 0.360 e. The fourth-order valence-electron chi connectivity index (χ4n) is 2.30. The highest BCUT2D eigenvalue weighted by molar-refractivity contribution is 7.18. The first-order valence-electron chi connectivity index (χ1n) is 7.94. The van der Waals surface area contributed by atoms with Crippen LogP contribution < -0.4 is 5.32 Å². The van der Waals surface area contributed by atoms with E-state index in [9.17, 15) is 4.79 Å². The molecular formula is C16H24N4OS. The number of hydrogen-bond donors (Lipinski definition) is 1. The molecule has 0 atom stereocenters. The number of aryl methyl sites for hydroxylation is 1. The summed E-state index contributed by atoms with van der Waals surface area (Å²) in [5, 5.41) is 4.19. The summed E-state index contributed by atoms with van der Waals surface area (Å²) in [6.07, 6.45) is 4.68. The second-order valence-electron chi connectivity index (χ2n) is 5.19. The fraction of sp³-hybridized carbons (Fsp3) is 0.562. The first-order valence-corrected chi connectivity index (χ1v) is 8.76. The number of carbonyl (C=O) groups excluding carboxylic acids is 1. The van der Waals surface area contributed by atoms with Gasteiger partial charge in [-0.2, -0.15) is 0 Å². The molecule has 2 rings (SSSR count). The van der Waals surface area contributed by atoms with Gasteiger partial charge in [-0.05, 0) is 25.8 Å². The summed E-state index contributed by atoms with van der Waals surface area (Å²) in [5.41, 5.74) is 0. The highest BCUT2D eigenvalue weighted by atomic mass is 32.1. The third-order valence-corrected chi connectivity index (χ3v) is 4.84. The Balaban J connectivity index is 2.04. The summed E-state index contributed by atoms with van der Waals surface area (Å²) in [7, 11) is 0. The Bertz CT molecular complexity index is 626. The number of aromatic nitrogens is 2. The summed E-state index contributed by atoms with van der Waals surface area (Å²) in [4.78, 5) is 25.0. The number of unbranched alkanes of at least 4 members (excludes halogenated alkanes) is 1. The number of likely N-dealkylation sites (N-methyl/N-ethyl adjacent to an activating group) is 1. The SMILES string of the molecule is CCCCN(CC)C(=O)CNc1ncnc2sc(CC)cc12. The quantitative estimate of drug-likeness (QED) is 0.810. The van der Waals surface area contributed by atoms with E-state index in [2.05, 4.69) is 35.2 Å². The molecule has 1 N–H and O–H groups in total. The van der Waals surface area contributed by atoms with Gasteiger partial charge in [0.2, 0.25) is 5.91 Å². The average Bonchev–Trinajstić information content (AvgIpc) is 2.97. The molecule has 0 aliphatic carbocycles. The standard InChI is InChI=1S/C16H24N4OS/c1-4-7-8-20(6-3)14(21)10-17-15-13-9-12(5-2)22-16(13)19-11-18-15/h9,11H,4-8,10H2,1-3H3,(H,17,18,19). The van der Waals surface area contributed by atoms with Gasteiger partial charge < -0.3 is 10.2 Å². The van der Waals surface area contributed by atoms with Crippen LogP contribution in [0.5, 0.6) is 0 Å². The number of carbonyl (C=O) groups is 1. The molecule has 2 aromatic rings. The van der Waals surface area contributed by atoms with E-state index >= 15 is 0 Å². The van der Waals surface area contributed by atoms with Crippen LogP contribution in [-0.2, 0) is 11.2 Å². The molecule has 0 aromatic carbocycles. The molecule has 0 spiro atoms. The van der Waals surface area contributed by atoms with Crippen LogP contribution >= 0.6 is 11.3 Å². The van der Waals surface area contributed by atoms with Gasteiger partial charge in [0.15, 0.2) is 0 Å². The van der Waals surface area contributed by atoms with Gasteiger partial charge >= 0.3 is 0 Å². The third kappa shape index (κ3) is 3.94. The smallest absolute Gasteiger partial charge is 0.241 e. The number of nitrogens with one attached hydrogen (secondary N) is 1. The molecule has 120 valence electrons. The Morgan fingerprint density at radius 1 is 1.32 bits per heavy atom. The zero-order valence-corrected chi connectivity index (χ0v) is 14.4. The van der Waals surface area contributed by atoms with Gasteiger partial charge in [0, 0.05) is 18.0 Å². The lowest BCUT2D eigenvalue weighted by Crippen LogP contribution is -2.36. The van der Waals surface area contributed by atoms with E-state index in [1.807, 2.05) is 11.8 Å². The summed E-state index contributed by atoms with van der Waals surface area (Å²) >= 11 is 1.68. The molecule has 2 aromatic heterocycles. The summed E-state index contributed by atoms with van der Waals surface area (Å²) in [5.74, 6) is 0.870. The predicted octanol–water partition coefficient (Wildman–Crippen LogP) is 3.31. The Labute approximate surface area is 135 Å². The number of amides is 1. The molecule has 1 amide bonds. The van der Waals surface area contributed by atoms with Gasteiger partial charge in [0.05, 0.1) is 11.9 Å². The molecule has 0 radical (unpaired) electrons. The number of nitrogens with zero attached hydrogens (tertiary/aromatic N) is 3. The van der Waals surface area contributed by atoms with E-state index in [-0.39, 0.29) is 12.5 Å². The van der Waals surface area contributed by atoms with Crippen molar-refractivity contribution in [1.29, 1.82) is 0 Å². The van der Waals surface area contributed by atoms with Crippen molar-refractivity contribution in [2.75, 3.05) is 25.0 Å². The van der Waals surface area contributed by atoms with Gasteiger partial charge in [-0.1, -0.05) is 20.3 Å². The van der Waals surface area contributed by atoms with E-state index < -0.39 is 0 Å². The fourth-order valence-corrected chi connectivity index (χ4v) is 3.23. The van der Waals surface area contributed by atoms with Gasteiger partial charge in [-0.15, -0.1) is 11.3 Å². The van der Waals surface area contributed by atoms with Crippen molar-refractivity contribution in [1.82, 2.24) is 14.9 Å². The highest BCUT2D eigenvalue weighted by Crippen LogP contribution is 2.28. The lowest BCUT2D eigenvalue weighted by molar-refractivity contribution is -0.129. The number of anilines is 1. The van der Waals surface area contributed by atoms with Crippen molar-refractivity contribution in [3.05, 3.63) is 17.3 Å². The zero-order chi connectivity index (χ0) is 15.9. The average molecular weight is 320 g/mol. The maximum absolute atomic E-state index is 12.3. The first-order chi connectivity index (χ1) is 10.7. The maximum atomic E-state index is 12.3. The summed E-state index contributed by atoms with van der Waals surface area (Å²) in [6, 6.07) is 2.11. The second kappa shape index (κ2) is 8.08. The van der Waals surface area contributed by atoms with E-state index in [0.717, 1.165) is 48.4 Å². The molecule has 0 fully saturated rings. The van der Waals surface area contributed by atoms with Crippen LogP contribution in [0.3, 0.4) is 0 Å². The van der Waals surface area contributed by atoms with Crippen LogP contribution in [-0.4, -0.2) is 40.4 Å². The van der Waals surface area contributed by atoms with E-state index in [0.29, 0.717) is 0 Å². The molecular weight excluding hydrogens is 296 g/mol. The van der Waals surface area contributed by atoms with Gasteiger partial charge in [-0.3, -0.25) is 4.79 Å². The molecule has 0 unspecified atom stereocenters. The van der Waals surface area contributed by atoms with Crippen molar-refractivity contribution < 1.29 is 4.79 Å². The van der Waals surface area contributed by atoms with Gasteiger partial charge in [-0.25, -0.2) is 9.97 Å². The Morgan fingerprint density at radius 3 is 2.82 bits per heavy atom. The molecule has 0 saturated heterocycles. The molecule has 5 nitrogen and oxygen atoms in total. The van der Waals surface area contributed by atoms with Crippen LogP contribution in [0.2, 0.25) is 0 Å². The summed E-state index contributed by atoms with van der Waals surface area (Å²) in [6.45, 7) is 8.13. The van der Waals surface area contributed by atoms with Gasteiger partial charge in [0.1, 0.15) is 17.0 Å². The van der Waals surface area contributed by atoms with Crippen molar-refractivity contribution in [3.63, 3.8) is 0 Å². The monoisotopic (exact) mass is 320 g/mol. The second-order valence-corrected chi connectivity index (χ2v) is 6.30. The molecule has 0 bridgehead atoms. The van der Waals surface area contributed by atoms with Crippen LogP contribution in [0.15, 0.2) is 12.4 Å². The van der Waals surface area contributed by atoms with E-state index in [1.165, 1.54) is 4.88 Å². The van der Waals surface area contributed by atoms with E-state index in [1.54, 1.807) is 17.7 Å². The minimum absolute atomic E-state index is 0.119. The van der Waals surface area contributed by atoms with Crippen molar-refractivity contribution in [2.45, 2.75) is 40.0 Å². The Kier molecular flexibility index (Phi) is 6.12. The Hall–Kier alpha value is -1.69. The molecule has 0 aliphatic heterocycles. The normalized spacial score (nSPS) is 10.9. The van der Waals surface area contributed by atoms with Crippen molar-refractivity contribution in [3.8, 4) is 0 Å². The zero-order valence-electron chi connectivity index (χ0n) is 13.6. The molecule has 2 heterocycles. The van der Waals surface area contributed by atoms with Gasteiger partial charge in [0.25, 0.3) is 0 Å². The number of hydrogen-bond acceptors (Lipinski definition) is 5. The third-order valence-electron chi connectivity index (χ3n) is 3.65. The van der Waals surface area contributed by atoms with Crippen LogP contribution in [0.4, 0.5) is 5.82 Å². The molecule has 6 heteroatoms. The predicted molar refractivity (Wildman–Crippen MR) is 92.4 cm³/mol. The van der Waals surface area contributed by atoms with Crippen molar-refractivity contribution in [2.24, 2.45) is 0 Å². The number of fused-ring (bicyclic) bond motifs is 1. The van der Waals surface area contributed by atoms with Crippen LogP contribution in [0.1, 0.15) is 38.5 Å². The minimum Gasteiger partial charge on any atom is -0.360 e. The lowest BCUT2D eigenvalue weighted by Gasteiger charge is -2.21. The molecule has 22 heavy (non-hydrogen) atoms. The van der Waals surface area contributed by atoms with Crippen LogP contribution in [0.25, 0.3) is 10.2 Å². The van der Waals surface area contributed by atoms with Crippen molar-refractivity contribution >= 4 is 33.3 Å². The Morgan fingerprint density at radius 2 is 2.14 bits per heavy atom. The number of rotatable bonds is 8. The topological polar surface area (TPSA) is 58.1 Å². The summed E-state index contributed by atoms with van der Waals surface area (Å²) < 4.78 is 0. The first kappa shape index (κ1) is 16.7. The highest BCUT2D eigenvalue weighted by Gasteiger charge is 2.13. The lowest BCUT2D eigenvalue weighted by atomic mass is 10.3. The number of thiophene rings is 1. The van der Waals surface area contributed by atoms with E-state index in [4.69, 9.17) is 0 Å². The molecule has 0 saturated carbocycles. The maximum Gasteiger partial charge on any atom is 0.241 e.